The Labute approximate surface area is 102 Å². The number of hydrogen-bond acceptors (Lipinski definition) is 4. The first kappa shape index (κ1) is 12.8. The molecule has 1 aromatic rings. The van der Waals surface area contributed by atoms with Crippen LogP contribution in [0, 0.1) is 0 Å². The van der Waals surface area contributed by atoms with Crippen LogP contribution in [0.25, 0.3) is 0 Å². The molecule has 0 saturated carbocycles. The van der Waals surface area contributed by atoms with Gasteiger partial charge in [0, 0.05) is 16.7 Å². The lowest BCUT2D eigenvalue weighted by Gasteiger charge is -2.19. The van der Waals surface area contributed by atoms with Gasteiger partial charge in [0.1, 0.15) is 5.60 Å². The molecule has 1 aromatic heterocycles. The molecule has 0 saturated heterocycles. The largest absolute Gasteiger partial charge is 0.442 e. The van der Waals surface area contributed by atoms with Crippen LogP contribution in [0.3, 0.4) is 0 Å². The van der Waals surface area contributed by atoms with Crippen LogP contribution in [0.4, 0.5) is 4.79 Å². The number of ether oxygens (including phenoxy) is 1. The maximum atomic E-state index is 11.2. The van der Waals surface area contributed by atoms with Gasteiger partial charge in [-0.1, -0.05) is 0 Å². The van der Waals surface area contributed by atoms with Crippen molar-refractivity contribution >= 4 is 22.0 Å². The van der Waals surface area contributed by atoms with Crippen molar-refractivity contribution in [2.75, 3.05) is 0 Å². The number of aromatic nitrogens is 1. The van der Waals surface area contributed by atoms with E-state index in [2.05, 4.69) is 26.4 Å². The van der Waals surface area contributed by atoms with Crippen molar-refractivity contribution in [3.05, 3.63) is 22.8 Å². The van der Waals surface area contributed by atoms with Crippen molar-refractivity contribution in [1.82, 2.24) is 10.5 Å². The van der Waals surface area contributed by atoms with Crippen LogP contribution in [0.1, 0.15) is 20.8 Å². The molecular weight excluding hydrogens is 276 g/mol. The van der Waals surface area contributed by atoms with Gasteiger partial charge in [-0.2, -0.15) is 5.48 Å². The number of amides is 1. The molecule has 0 unspecified atom stereocenters. The number of pyridine rings is 1. The molecule has 5 nitrogen and oxygen atoms in total. The van der Waals surface area contributed by atoms with Gasteiger partial charge >= 0.3 is 6.09 Å². The van der Waals surface area contributed by atoms with Gasteiger partial charge in [0.15, 0.2) is 0 Å². The Morgan fingerprint density at radius 1 is 1.44 bits per heavy atom. The van der Waals surface area contributed by atoms with Crippen LogP contribution in [0.2, 0.25) is 0 Å². The molecular formula is C10H13BrN2O3. The normalized spacial score (nSPS) is 10.8. The predicted octanol–water partition coefficient (Wildman–Crippen LogP) is 2.66. The number of carbonyl (C=O) groups excluding carboxylic acids is 1. The van der Waals surface area contributed by atoms with Crippen molar-refractivity contribution in [3.8, 4) is 5.88 Å². The highest BCUT2D eigenvalue weighted by Gasteiger charge is 2.16. The van der Waals surface area contributed by atoms with Crippen LogP contribution in [-0.2, 0) is 4.74 Å². The van der Waals surface area contributed by atoms with E-state index in [4.69, 9.17) is 9.57 Å². The highest BCUT2D eigenvalue weighted by molar-refractivity contribution is 9.10. The van der Waals surface area contributed by atoms with Gasteiger partial charge in [0.25, 0.3) is 0 Å². The Bertz CT molecular complexity index is 359. The zero-order valence-corrected chi connectivity index (χ0v) is 10.9. The molecule has 0 radical (unpaired) electrons. The second-order valence-electron chi connectivity index (χ2n) is 4.02. The molecule has 0 atom stereocenters. The van der Waals surface area contributed by atoms with Crippen molar-refractivity contribution in [2.24, 2.45) is 0 Å². The van der Waals surface area contributed by atoms with Crippen LogP contribution >= 0.6 is 15.9 Å². The first-order chi connectivity index (χ1) is 7.37. The van der Waals surface area contributed by atoms with Gasteiger partial charge in [0.2, 0.25) is 5.88 Å². The summed E-state index contributed by atoms with van der Waals surface area (Å²) in [6.07, 6.45) is 0.906. The Morgan fingerprint density at radius 2 is 2.12 bits per heavy atom. The van der Waals surface area contributed by atoms with Crippen molar-refractivity contribution in [3.63, 3.8) is 0 Å². The fraction of sp³-hybridized carbons (Fsp3) is 0.400. The molecule has 0 fully saturated rings. The lowest BCUT2D eigenvalue weighted by molar-refractivity contribution is 0.0278. The molecule has 0 spiro atoms. The average Bonchev–Trinajstić information content (AvgIpc) is 2.14. The van der Waals surface area contributed by atoms with E-state index in [1.165, 1.54) is 0 Å². The molecule has 1 heterocycles. The third-order valence-electron chi connectivity index (χ3n) is 1.34. The molecule has 0 aromatic carbocycles. The number of rotatable bonds is 2. The standard InChI is InChI=1S/C10H13BrN2O3/c1-10(2,3)15-9(14)13-16-8-5-4-7(11)6-12-8/h4-6H,1-3H3,(H,13,14). The molecule has 88 valence electrons. The molecule has 6 heteroatoms. The van der Waals surface area contributed by atoms with Crippen LogP contribution in [0.5, 0.6) is 5.88 Å². The van der Waals surface area contributed by atoms with E-state index in [0.29, 0.717) is 0 Å². The van der Waals surface area contributed by atoms with E-state index in [1.807, 2.05) is 0 Å². The summed E-state index contributed by atoms with van der Waals surface area (Å²) in [4.78, 5) is 20.0. The van der Waals surface area contributed by atoms with Gasteiger partial charge in [-0.3, -0.25) is 0 Å². The third kappa shape index (κ3) is 4.97. The van der Waals surface area contributed by atoms with Crippen molar-refractivity contribution < 1.29 is 14.4 Å². The summed E-state index contributed by atoms with van der Waals surface area (Å²) in [6, 6.07) is 3.36. The monoisotopic (exact) mass is 288 g/mol. The Hall–Kier alpha value is -1.30. The minimum Gasteiger partial charge on any atom is -0.442 e. The SMILES string of the molecule is CC(C)(C)OC(=O)NOc1ccc(Br)cn1. The topological polar surface area (TPSA) is 60.5 Å². The molecule has 0 aliphatic rings. The smallest absolute Gasteiger partial charge is 0.441 e. The third-order valence-corrected chi connectivity index (χ3v) is 1.81. The van der Waals surface area contributed by atoms with E-state index < -0.39 is 11.7 Å². The first-order valence-electron chi connectivity index (χ1n) is 4.64. The first-order valence-corrected chi connectivity index (χ1v) is 5.43. The summed E-state index contributed by atoms with van der Waals surface area (Å²) in [5.41, 5.74) is 1.58. The molecule has 16 heavy (non-hydrogen) atoms. The Morgan fingerprint density at radius 3 is 2.62 bits per heavy atom. The van der Waals surface area contributed by atoms with E-state index in [0.717, 1.165) is 4.47 Å². The van der Waals surface area contributed by atoms with E-state index in [9.17, 15) is 4.79 Å². The maximum absolute atomic E-state index is 11.2. The summed E-state index contributed by atoms with van der Waals surface area (Å²) in [6.45, 7) is 5.30. The number of nitrogens with one attached hydrogen (secondary N) is 1. The maximum Gasteiger partial charge on any atom is 0.441 e. The highest BCUT2D eigenvalue weighted by atomic mass is 79.9. The van der Waals surface area contributed by atoms with Crippen molar-refractivity contribution in [1.29, 1.82) is 0 Å². The lowest BCUT2D eigenvalue weighted by Crippen LogP contribution is -2.34. The van der Waals surface area contributed by atoms with Gasteiger partial charge in [-0.15, -0.1) is 0 Å². The number of nitrogens with zero attached hydrogens (tertiary/aromatic N) is 1. The van der Waals surface area contributed by atoms with Crippen LogP contribution < -0.4 is 10.3 Å². The Balaban J connectivity index is 2.40. The summed E-state index contributed by atoms with van der Waals surface area (Å²) < 4.78 is 5.80. The van der Waals surface area contributed by atoms with Gasteiger partial charge < -0.3 is 9.57 Å². The minimum absolute atomic E-state index is 0.286. The van der Waals surface area contributed by atoms with E-state index in [-0.39, 0.29) is 5.88 Å². The van der Waals surface area contributed by atoms with Crippen LogP contribution in [0.15, 0.2) is 22.8 Å². The number of hydrogen-bond donors (Lipinski definition) is 1. The summed E-state index contributed by atoms with van der Waals surface area (Å²) >= 11 is 3.24. The molecule has 1 rings (SSSR count). The van der Waals surface area contributed by atoms with E-state index >= 15 is 0 Å². The number of halogens is 1. The minimum atomic E-state index is -0.655. The van der Waals surface area contributed by atoms with Crippen LogP contribution in [-0.4, -0.2) is 16.7 Å². The molecule has 0 bridgehead atoms. The second kappa shape index (κ2) is 5.16. The molecule has 0 aliphatic carbocycles. The Kier molecular flexibility index (Phi) is 4.12. The fourth-order valence-corrected chi connectivity index (χ4v) is 1.05. The van der Waals surface area contributed by atoms with Gasteiger partial charge in [-0.25, -0.2) is 9.78 Å². The van der Waals surface area contributed by atoms with Gasteiger partial charge in [0.05, 0.1) is 0 Å². The zero-order valence-electron chi connectivity index (χ0n) is 9.28. The molecule has 1 N–H and O–H groups in total. The molecule has 1 amide bonds. The van der Waals surface area contributed by atoms with Gasteiger partial charge in [-0.05, 0) is 42.8 Å². The summed E-state index contributed by atoms with van der Waals surface area (Å²) in [5.74, 6) is 0.286. The predicted molar refractivity (Wildman–Crippen MR) is 61.9 cm³/mol. The van der Waals surface area contributed by atoms with Crippen molar-refractivity contribution in [2.45, 2.75) is 26.4 Å². The number of hydroxylamine groups is 1. The van der Waals surface area contributed by atoms with E-state index in [1.54, 1.807) is 39.1 Å². The average molecular weight is 289 g/mol. The summed E-state index contributed by atoms with van der Waals surface area (Å²) in [7, 11) is 0. The fourth-order valence-electron chi connectivity index (χ4n) is 0.816. The quantitative estimate of drug-likeness (QED) is 0.850. The highest BCUT2D eigenvalue weighted by Crippen LogP contribution is 2.12. The zero-order chi connectivity index (χ0) is 12.2. The summed E-state index contributed by atoms with van der Waals surface area (Å²) in [5, 5.41) is 0. The number of carbonyl (C=O) groups is 1. The lowest BCUT2D eigenvalue weighted by atomic mass is 10.2. The second-order valence-corrected chi connectivity index (χ2v) is 4.94. The molecule has 0 aliphatic heterocycles.